The monoisotopic (exact) mass is 241 g/mol. The van der Waals surface area contributed by atoms with Crippen LogP contribution in [0.15, 0.2) is 18.2 Å². The zero-order chi connectivity index (χ0) is 11.4. The summed E-state index contributed by atoms with van der Waals surface area (Å²) in [6.07, 6.45) is 0. The molecule has 1 aromatic carbocycles. The van der Waals surface area contributed by atoms with Crippen LogP contribution in [-0.2, 0) is 5.75 Å². The summed E-state index contributed by atoms with van der Waals surface area (Å²) in [5.74, 6) is 2.87. The Morgan fingerprint density at radius 1 is 1.50 bits per heavy atom. The molecule has 1 aliphatic rings. The predicted octanol–water partition coefficient (Wildman–Crippen LogP) is 2.29. The van der Waals surface area contributed by atoms with E-state index in [9.17, 15) is 4.39 Å². The molecule has 4 heteroatoms. The van der Waals surface area contributed by atoms with Gasteiger partial charge in [-0.1, -0.05) is 6.07 Å². The maximum atomic E-state index is 13.4. The highest BCUT2D eigenvalue weighted by Gasteiger charge is 2.16. The summed E-state index contributed by atoms with van der Waals surface area (Å²) < 4.78 is 18.2. The second-order valence-corrected chi connectivity index (χ2v) is 5.04. The molecule has 2 rings (SSSR count). The fourth-order valence-corrected chi connectivity index (χ4v) is 2.71. The molecule has 1 fully saturated rings. The fourth-order valence-electron chi connectivity index (χ4n) is 1.61. The Bertz CT molecular complexity index is 355. The van der Waals surface area contributed by atoms with Crippen molar-refractivity contribution in [3.63, 3.8) is 0 Å². The van der Waals surface area contributed by atoms with Gasteiger partial charge in [-0.05, 0) is 42.5 Å². The van der Waals surface area contributed by atoms with Crippen LogP contribution in [-0.4, -0.2) is 26.0 Å². The lowest BCUT2D eigenvalue weighted by Gasteiger charge is -2.26. The molecule has 0 spiro atoms. The van der Waals surface area contributed by atoms with E-state index >= 15 is 0 Å². The number of halogens is 1. The highest BCUT2D eigenvalue weighted by atomic mass is 32.2. The normalized spacial score (nSPS) is 15.9. The largest absolute Gasteiger partial charge is 0.494 e. The van der Waals surface area contributed by atoms with Crippen LogP contribution >= 0.6 is 11.8 Å². The number of hydrogen-bond acceptors (Lipinski definition) is 3. The van der Waals surface area contributed by atoms with Gasteiger partial charge in [0.2, 0.25) is 0 Å². The predicted molar refractivity (Wildman–Crippen MR) is 65.5 cm³/mol. The average molecular weight is 241 g/mol. The van der Waals surface area contributed by atoms with Gasteiger partial charge in [0, 0.05) is 5.75 Å². The summed E-state index contributed by atoms with van der Waals surface area (Å²) in [7, 11) is 1.48. The van der Waals surface area contributed by atoms with Gasteiger partial charge in [0.25, 0.3) is 0 Å². The summed E-state index contributed by atoms with van der Waals surface area (Å²) in [5, 5.41) is 3.24. The van der Waals surface area contributed by atoms with Gasteiger partial charge in [-0.15, -0.1) is 0 Å². The molecule has 88 valence electrons. The molecule has 0 radical (unpaired) electrons. The van der Waals surface area contributed by atoms with Crippen LogP contribution in [0.4, 0.5) is 4.39 Å². The molecule has 1 saturated heterocycles. The first-order valence-corrected chi connectivity index (χ1v) is 6.56. The summed E-state index contributed by atoms with van der Waals surface area (Å²) in [6.45, 7) is 2.26. The van der Waals surface area contributed by atoms with Crippen molar-refractivity contribution >= 4 is 11.8 Å². The van der Waals surface area contributed by atoms with Gasteiger partial charge < -0.3 is 10.1 Å². The minimum atomic E-state index is -0.272. The topological polar surface area (TPSA) is 21.3 Å². The molecule has 2 nitrogen and oxygen atoms in total. The molecule has 1 N–H and O–H groups in total. The minimum Gasteiger partial charge on any atom is -0.494 e. The summed E-state index contributed by atoms with van der Waals surface area (Å²) >= 11 is 1.86. The zero-order valence-corrected chi connectivity index (χ0v) is 10.1. The van der Waals surface area contributed by atoms with E-state index in [0.29, 0.717) is 5.75 Å². The Labute approximate surface area is 99.6 Å². The molecule has 16 heavy (non-hydrogen) atoms. The van der Waals surface area contributed by atoms with Gasteiger partial charge in [0.1, 0.15) is 0 Å². The first-order valence-electron chi connectivity index (χ1n) is 5.40. The molecule has 0 unspecified atom stereocenters. The molecular formula is C12H16FNOS. The highest BCUT2D eigenvalue weighted by Crippen LogP contribution is 2.22. The van der Waals surface area contributed by atoms with Gasteiger partial charge in [-0.3, -0.25) is 0 Å². The number of benzene rings is 1. The van der Waals surface area contributed by atoms with Crippen molar-refractivity contribution in [3.05, 3.63) is 29.6 Å². The lowest BCUT2D eigenvalue weighted by atomic mass is 10.1. The van der Waals surface area contributed by atoms with Crippen LogP contribution in [0.25, 0.3) is 0 Å². The van der Waals surface area contributed by atoms with E-state index < -0.39 is 0 Å². The number of thioether (sulfide) groups is 1. The molecular weight excluding hydrogens is 225 g/mol. The molecule has 0 aliphatic carbocycles. The van der Waals surface area contributed by atoms with E-state index in [4.69, 9.17) is 4.74 Å². The Balaban J connectivity index is 1.81. The van der Waals surface area contributed by atoms with Gasteiger partial charge in [0.15, 0.2) is 11.6 Å². The van der Waals surface area contributed by atoms with Crippen molar-refractivity contribution in [1.82, 2.24) is 5.32 Å². The first kappa shape index (κ1) is 11.7. The van der Waals surface area contributed by atoms with Crippen LogP contribution in [0.1, 0.15) is 5.56 Å². The van der Waals surface area contributed by atoms with E-state index in [1.165, 1.54) is 7.11 Å². The Kier molecular flexibility index (Phi) is 4.07. The van der Waals surface area contributed by atoms with Crippen LogP contribution in [0.5, 0.6) is 5.75 Å². The van der Waals surface area contributed by atoms with Gasteiger partial charge in [-0.2, -0.15) is 11.8 Å². The summed E-state index contributed by atoms with van der Waals surface area (Å²) in [5.41, 5.74) is 1.02. The third kappa shape index (κ3) is 2.89. The van der Waals surface area contributed by atoms with E-state index in [1.807, 2.05) is 17.8 Å². The van der Waals surface area contributed by atoms with Crippen LogP contribution in [0, 0.1) is 11.7 Å². The van der Waals surface area contributed by atoms with E-state index in [2.05, 4.69) is 5.32 Å². The van der Waals surface area contributed by atoms with Crippen LogP contribution < -0.4 is 10.1 Å². The minimum absolute atomic E-state index is 0.272. The van der Waals surface area contributed by atoms with E-state index in [1.54, 1.807) is 12.1 Å². The van der Waals surface area contributed by atoms with Crippen molar-refractivity contribution in [3.8, 4) is 5.75 Å². The molecule has 0 bridgehead atoms. The van der Waals surface area contributed by atoms with Crippen molar-refractivity contribution in [2.45, 2.75) is 5.75 Å². The molecule has 1 aromatic rings. The van der Waals surface area contributed by atoms with Crippen molar-refractivity contribution in [1.29, 1.82) is 0 Å². The second-order valence-electron chi connectivity index (χ2n) is 4.01. The SMILES string of the molecule is COc1ccc(CSCC2CNC2)cc1F. The van der Waals surface area contributed by atoms with Crippen LogP contribution in [0.2, 0.25) is 0 Å². The van der Waals surface area contributed by atoms with Crippen molar-refractivity contribution in [2.75, 3.05) is 26.0 Å². The second kappa shape index (κ2) is 5.55. The molecule has 0 saturated carbocycles. The smallest absolute Gasteiger partial charge is 0.165 e. The third-order valence-electron chi connectivity index (χ3n) is 2.70. The first-order chi connectivity index (χ1) is 7.79. The Hall–Kier alpha value is -0.740. The van der Waals surface area contributed by atoms with Gasteiger partial charge >= 0.3 is 0 Å². The average Bonchev–Trinajstić information content (AvgIpc) is 2.22. The van der Waals surface area contributed by atoms with E-state index in [-0.39, 0.29) is 5.82 Å². The maximum Gasteiger partial charge on any atom is 0.165 e. The van der Waals surface area contributed by atoms with Crippen molar-refractivity contribution in [2.24, 2.45) is 5.92 Å². The highest BCUT2D eigenvalue weighted by molar-refractivity contribution is 7.98. The van der Waals surface area contributed by atoms with Crippen molar-refractivity contribution < 1.29 is 9.13 Å². The molecule has 0 atom stereocenters. The molecule has 0 aromatic heterocycles. The number of hydrogen-bond donors (Lipinski definition) is 1. The van der Waals surface area contributed by atoms with Crippen LogP contribution in [0.3, 0.4) is 0 Å². The third-order valence-corrected chi connectivity index (χ3v) is 3.95. The number of rotatable bonds is 5. The fraction of sp³-hybridized carbons (Fsp3) is 0.500. The number of methoxy groups -OCH3 is 1. The van der Waals surface area contributed by atoms with Gasteiger partial charge in [0.05, 0.1) is 7.11 Å². The molecule has 1 heterocycles. The molecule has 0 amide bonds. The Morgan fingerprint density at radius 2 is 2.31 bits per heavy atom. The lowest BCUT2D eigenvalue weighted by molar-refractivity contribution is 0.385. The quantitative estimate of drug-likeness (QED) is 0.854. The summed E-state index contributed by atoms with van der Waals surface area (Å²) in [4.78, 5) is 0. The summed E-state index contributed by atoms with van der Waals surface area (Å²) in [6, 6.07) is 5.18. The lowest BCUT2D eigenvalue weighted by Crippen LogP contribution is -2.43. The Morgan fingerprint density at radius 3 is 2.88 bits per heavy atom. The number of nitrogens with one attached hydrogen (secondary N) is 1. The van der Waals surface area contributed by atoms with Gasteiger partial charge in [-0.25, -0.2) is 4.39 Å². The zero-order valence-electron chi connectivity index (χ0n) is 9.33. The van der Waals surface area contributed by atoms with E-state index in [0.717, 1.165) is 36.1 Å². The number of ether oxygens (including phenoxy) is 1. The molecule has 1 aliphatic heterocycles. The maximum absolute atomic E-state index is 13.4. The standard InChI is InChI=1S/C12H16FNOS/c1-15-12-3-2-9(4-11(12)13)7-16-8-10-5-14-6-10/h2-4,10,14H,5-8H2,1H3.